The zero-order chi connectivity index (χ0) is 45.8. The number of allylic oxidation sites excluding steroid dienone is 12. The van der Waals surface area contributed by atoms with Gasteiger partial charge in [-0.1, -0.05) is 222 Å². The van der Waals surface area contributed by atoms with Crippen LogP contribution in [0.3, 0.4) is 0 Å². The maximum Gasteiger partial charge on any atom is 0.306 e. The average molecular weight is 879 g/mol. The highest BCUT2D eigenvalue weighted by Gasteiger charge is 2.19. The largest absolute Gasteiger partial charge is 0.462 e. The molecular weight excluding hydrogens is 781 g/mol. The number of carbonyl (C=O) groups excluding carboxylic acids is 3. The molecule has 1 atom stereocenters. The fourth-order valence-corrected chi connectivity index (χ4v) is 7.24. The van der Waals surface area contributed by atoms with Crippen LogP contribution in [0.2, 0.25) is 0 Å². The Labute approximate surface area is 389 Å². The van der Waals surface area contributed by atoms with Crippen molar-refractivity contribution < 1.29 is 28.6 Å². The Morgan fingerprint density at radius 3 is 1.06 bits per heavy atom. The topological polar surface area (TPSA) is 78.9 Å². The van der Waals surface area contributed by atoms with E-state index >= 15 is 0 Å². The molecule has 0 spiro atoms. The normalized spacial score (nSPS) is 12.6. The fourth-order valence-electron chi connectivity index (χ4n) is 7.24. The van der Waals surface area contributed by atoms with Crippen LogP contribution >= 0.6 is 0 Å². The van der Waals surface area contributed by atoms with E-state index in [1.807, 2.05) is 0 Å². The molecule has 0 aliphatic rings. The van der Waals surface area contributed by atoms with E-state index in [0.29, 0.717) is 19.3 Å². The third-order valence-corrected chi connectivity index (χ3v) is 11.2. The number of hydrogen-bond donors (Lipinski definition) is 0. The molecule has 0 unspecified atom stereocenters. The Bertz CT molecular complexity index is 1190. The average Bonchev–Trinajstić information content (AvgIpc) is 3.28. The molecule has 0 aromatic rings. The number of hydrogen-bond acceptors (Lipinski definition) is 6. The maximum absolute atomic E-state index is 12.8. The molecule has 0 aromatic carbocycles. The molecule has 0 radical (unpaired) electrons. The lowest BCUT2D eigenvalue weighted by Crippen LogP contribution is -2.30. The van der Waals surface area contributed by atoms with Gasteiger partial charge in [-0.25, -0.2) is 0 Å². The monoisotopic (exact) mass is 879 g/mol. The summed E-state index contributed by atoms with van der Waals surface area (Å²) in [5.74, 6) is -0.960. The van der Waals surface area contributed by atoms with Crippen LogP contribution in [0.1, 0.15) is 252 Å². The van der Waals surface area contributed by atoms with Crippen LogP contribution in [0.15, 0.2) is 72.9 Å². The minimum atomic E-state index is -0.800. The lowest BCUT2D eigenvalue weighted by atomic mass is 10.0. The molecule has 6 nitrogen and oxygen atoms in total. The van der Waals surface area contributed by atoms with Gasteiger partial charge in [0.05, 0.1) is 0 Å². The zero-order valence-electron chi connectivity index (χ0n) is 41.3. The van der Waals surface area contributed by atoms with Gasteiger partial charge in [0.1, 0.15) is 13.2 Å². The molecule has 0 fully saturated rings. The minimum absolute atomic E-state index is 0.0945. The van der Waals surface area contributed by atoms with Crippen molar-refractivity contribution in [1.82, 2.24) is 0 Å². The number of esters is 3. The Kier molecular flexibility index (Phi) is 48.9. The third kappa shape index (κ3) is 49.7. The Balaban J connectivity index is 4.46. The van der Waals surface area contributed by atoms with Crippen molar-refractivity contribution in [2.75, 3.05) is 13.2 Å². The first-order valence-electron chi connectivity index (χ1n) is 26.4. The number of ether oxygens (including phenoxy) is 3. The van der Waals surface area contributed by atoms with E-state index < -0.39 is 6.10 Å². The number of carbonyl (C=O) groups is 3. The second-order valence-electron chi connectivity index (χ2n) is 17.4. The summed E-state index contributed by atoms with van der Waals surface area (Å²) in [6.45, 7) is 6.46. The van der Waals surface area contributed by atoms with E-state index in [2.05, 4.69) is 93.7 Å². The highest BCUT2D eigenvalue weighted by Crippen LogP contribution is 2.15. The molecule has 0 bridgehead atoms. The second-order valence-corrected chi connectivity index (χ2v) is 17.4. The van der Waals surface area contributed by atoms with Gasteiger partial charge in [-0.3, -0.25) is 14.4 Å². The Morgan fingerprint density at radius 2 is 0.635 bits per heavy atom. The van der Waals surface area contributed by atoms with E-state index in [4.69, 9.17) is 14.2 Å². The van der Waals surface area contributed by atoms with E-state index in [9.17, 15) is 14.4 Å². The third-order valence-electron chi connectivity index (χ3n) is 11.2. The molecule has 0 amide bonds. The zero-order valence-corrected chi connectivity index (χ0v) is 41.3. The van der Waals surface area contributed by atoms with Crippen molar-refractivity contribution in [3.63, 3.8) is 0 Å². The molecule has 63 heavy (non-hydrogen) atoms. The van der Waals surface area contributed by atoms with Gasteiger partial charge in [0, 0.05) is 19.3 Å². The van der Waals surface area contributed by atoms with Crippen molar-refractivity contribution in [3.05, 3.63) is 72.9 Å². The van der Waals surface area contributed by atoms with E-state index in [-0.39, 0.29) is 37.5 Å². The van der Waals surface area contributed by atoms with E-state index in [0.717, 1.165) is 89.9 Å². The molecule has 0 saturated heterocycles. The number of rotatable bonds is 47. The summed E-state index contributed by atoms with van der Waals surface area (Å²) in [7, 11) is 0. The summed E-state index contributed by atoms with van der Waals surface area (Å²) in [5, 5.41) is 0. The lowest BCUT2D eigenvalue weighted by Gasteiger charge is -2.18. The number of unbranched alkanes of at least 4 members (excludes halogenated alkanes) is 24. The highest BCUT2D eigenvalue weighted by atomic mass is 16.6. The summed E-state index contributed by atoms with van der Waals surface area (Å²) in [6, 6.07) is 0. The first-order chi connectivity index (χ1) is 31.0. The van der Waals surface area contributed by atoms with Gasteiger partial charge < -0.3 is 14.2 Å². The summed E-state index contributed by atoms with van der Waals surface area (Å²) in [6.07, 6.45) is 64.6. The minimum Gasteiger partial charge on any atom is -0.462 e. The predicted octanol–water partition coefficient (Wildman–Crippen LogP) is 17.4. The van der Waals surface area contributed by atoms with Gasteiger partial charge >= 0.3 is 17.9 Å². The van der Waals surface area contributed by atoms with Crippen LogP contribution in [0.4, 0.5) is 0 Å². The van der Waals surface area contributed by atoms with Gasteiger partial charge in [0.25, 0.3) is 0 Å². The molecule has 0 aromatic heterocycles. The summed E-state index contributed by atoms with van der Waals surface area (Å²) in [5.41, 5.74) is 0. The van der Waals surface area contributed by atoms with E-state index in [1.165, 1.54) is 116 Å². The van der Waals surface area contributed by atoms with E-state index in [1.54, 1.807) is 0 Å². The van der Waals surface area contributed by atoms with Crippen LogP contribution in [-0.4, -0.2) is 37.2 Å². The van der Waals surface area contributed by atoms with Crippen molar-refractivity contribution in [1.29, 1.82) is 0 Å². The molecule has 0 heterocycles. The maximum atomic E-state index is 12.8. The molecule has 0 saturated carbocycles. The Hall–Kier alpha value is -3.15. The molecule has 0 rings (SSSR count). The van der Waals surface area contributed by atoms with Gasteiger partial charge in [0.2, 0.25) is 0 Å². The molecule has 0 N–H and O–H groups in total. The molecule has 6 heteroatoms. The van der Waals surface area contributed by atoms with Gasteiger partial charge in [-0.05, 0) is 83.5 Å². The fraction of sp³-hybridized carbons (Fsp3) is 0.737. The smallest absolute Gasteiger partial charge is 0.306 e. The van der Waals surface area contributed by atoms with Crippen molar-refractivity contribution in [2.45, 2.75) is 258 Å². The lowest BCUT2D eigenvalue weighted by molar-refractivity contribution is -0.167. The quantitative estimate of drug-likeness (QED) is 0.0262. The summed E-state index contributed by atoms with van der Waals surface area (Å²) >= 11 is 0. The van der Waals surface area contributed by atoms with Gasteiger partial charge in [0.15, 0.2) is 6.10 Å². The highest BCUT2D eigenvalue weighted by molar-refractivity contribution is 5.71. The standard InChI is InChI=1S/C57H98O6/c1-4-7-10-13-16-19-22-25-27-28-30-33-35-38-41-44-47-50-56(59)62-53-54(63-57(60)51-48-45-42-39-36-31-24-21-18-15-12-9-6-3)52-61-55(58)49-46-43-40-37-34-32-29-26-23-20-17-14-11-8-5-2/h7,10,16,19,21,24-25,27,30,33,38,41,54H,4-6,8-9,11-15,17-18,20,22-23,26,28-29,31-32,34-37,39-40,42-53H2,1-3H3/b10-7-,19-16-,24-21-,27-25-,33-30-,41-38-/t54-/m0/s1. The van der Waals surface area contributed by atoms with Crippen LogP contribution in [-0.2, 0) is 28.6 Å². The molecule has 0 aliphatic heterocycles. The second kappa shape index (κ2) is 51.5. The Morgan fingerprint density at radius 1 is 0.333 bits per heavy atom. The van der Waals surface area contributed by atoms with Crippen LogP contribution in [0.5, 0.6) is 0 Å². The van der Waals surface area contributed by atoms with Crippen molar-refractivity contribution in [2.24, 2.45) is 0 Å². The first-order valence-corrected chi connectivity index (χ1v) is 26.4. The summed E-state index contributed by atoms with van der Waals surface area (Å²) < 4.78 is 16.8. The van der Waals surface area contributed by atoms with Crippen LogP contribution in [0, 0.1) is 0 Å². The molecule has 0 aliphatic carbocycles. The van der Waals surface area contributed by atoms with Crippen LogP contribution in [0.25, 0.3) is 0 Å². The molecule has 362 valence electrons. The molecular formula is C57H98O6. The predicted molar refractivity (Wildman–Crippen MR) is 270 cm³/mol. The van der Waals surface area contributed by atoms with Crippen LogP contribution < -0.4 is 0 Å². The first kappa shape index (κ1) is 59.9. The van der Waals surface area contributed by atoms with Gasteiger partial charge in [-0.15, -0.1) is 0 Å². The SMILES string of the molecule is CC/C=C\C/C=C\C/C=C\C/C=C\C/C=C\CCCC(=O)OC[C@H](COC(=O)CCCCCCCCCCCCCCCCC)OC(=O)CCCCCCC/C=C\CCCCCC. The van der Waals surface area contributed by atoms with Crippen molar-refractivity contribution >= 4 is 17.9 Å². The van der Waals surface area contributed by atoms with Crippen molar-refractivity contribution in [3.8, 4) is 0 Å². The van der Waals surface area contributed by atoms with Gasteiger partial charge in [-0.2, -0.15) is 0 Å². The summed E-state index contributed by atoms with van der Waals surface area (Å²) in [4.78, 5) is 38.0.